The molecule has 4 nitrogen and oxygen atoms in total. The molecule has 0 spiro atoms. The van der Waals surface area contributed by atoms with Crippen molar-refractivity contribution in [1.29, 1.82) is 0 Å². The Morgan fingerprint density at radius 3 is 2.89 bits per heavy atom. The van der Waals surface area contributed by atoms with Crippen molar-refractivity contribution in [3.05, 3.63) is 54.1 Å². The molecule has 0 N–H and O–H groups in total. The maximum atomic E-state index is 12.0. The van der Waals surface area contributed by atoms with Gasteiger partial charge >= 0.3 is 0 Å². The zero-order valence-electron chi connectivity index (χ0n) is 9.96. The molecule has 18 heavy (non-hydrogen) atoms. The summed E-state index contributed by atoms with van der Waals surface area (Å²) in [7, 11) is 1.88. The van der Waals surface area contributed by atoms with Gasteiger partial charge in [-0.1, -0.05) is 18.2 Å². The number of benzene rings is 1. The van der Waals surface area contributed by atoms with E-state index >= 15 is 0 Å². The van der Waals surface area contributed by atoms with Crippen LogP contribution < -0.4 is 0 Å². The third kappa shape index (κ3) is 1.72. The summed E-state index contributed by atoms with van der Waals surface area (Å²) in [5, 5.41) is 5.41. The summed E-state index contributed by atoms with van der Waals surface area (Å²) in [4.78, 5) is 12.0. The number of furan rings is 1. The Kier molecular flexibility index (Phi) is 2.48. The lowest BCUT2D eigenvalue weighted by molar-refractivity contribution is 0.0965. The second kappa shape index (κ2) is 4.14. The van der Waals surface area contributed by atoms with Crippen molar-refractivity contribution >= 4 is 16.7 Å². The molecular weight excluding hydrogens is 228 g/mol. The third-order valence-electron chi connectivity index (χ3n) is 2.96. The first-order valence-electron chi connectivity index (χ1n) is 5.73. The van der Waals surface area contributed by atoms with Crippen LogP contribution in [0.25, 0.3) is 10.9 Å². The van der Waals surface area contributed by atoms with Crippen LogP contribution in [0.1, 0.15) is 16.2 Å². The zero-order valence-corrected chi connectivity index (χ0v) is 9.96. The number of hydrogen-bond donors (Lipinski definition) is 0. The van der Waals surface area contributed by atoms with Crippen molar-refractivity contribution in [2.75, 3.05) is 0 Å². The molecule has 0 aliphatic carbocycles. The Morgan fingerprint density at radius 1 is 1.28 bits per heavy atom. The predicted octanol–water partition coefficient (Wildman–Crippen LogP) is 2.59. The van der Waals surface area contributed by atoms with Gasteiger partial charge in [0.15, 0.2) is 5.76 Å². The van der Waals surface area contributed by atoms with Crippen LogP contribution in [0.3, 0.4) is 0 Å². The van der Waals surface area contributed by atoms with E-state index in [9.17, 15) is 4.79 Å². The van der Waals surface area contributed by atoms with Crippen LogP contribution in [0.4, 0.5) is 0 Å². The summed E-state index contributed by atoms with van der Waals surface area (Å²) in [5.74, 6) is 0.327. The van der Waals surface area contributed by atoms with E-state index in [2.05, 4.69) is 5.10 Å². The van der Waals surface area contributed by atoms with Gasteiger partial charge in [-0.3, -0.25) is 9.48 Å². The van der Waals surface area contributed by atoms with Crippen LogP contribution in [0, 0.1) is 0 Å². The molecule has 3 aromatic rings. The molecule has 1 aromatic carbocycles. The minimum atomic E-state index is -0.0520. The van der Waals surface area contributed by atoms with Gasteiger partial charge in [0.2, 0.25) is 5.78 Å². The molecule has 0 radical (unpaired) electrons. The van der Waals surface area contributed by atoms with Gasteiger partial charge in [0.05, 0.1) is 23.9 Å². The first kappa shape index (κ1) is 10.8. The van der Waals surface area contributed by atoms with Gasteiger partial charge in [-0.05, 0) is 18.2 Å². The Morgan fingerprint density at radius 2 is 2.11 bits per heavy atom. The molecule has 2 heterocycles. The highest BCUT2D eigenvalue weighted by molar-refractivity contribution is 5.97. The maximum Gasteiger partial charge on any atom is 0.204 e. The smallest absolute Gasteiger partial charge is 0.204 e. The minimum Gasteiger partial charge on any atom is -0.461 e. The summed E-state index contributed by atoms with van der Waals surface area (Å²) >= 11 is 0. The number of rotatable bonds is 3. The predicted molar refractivity (Wildman–Crippen MR) is 67.5 cm³/mol. The van der Waals surface area contributed by atoms with Crippen LogP contribution in [0.2, 0.25) is 0 Å². The van der Waals surface area contributed by atoms with Crippen molar-refractivity contribution < 1.29 is 9.21 Å². The molecule has 0 saturated heterocycles. The third-order valence-corrected chi connectivity index (χ3v) is 2.96. The molecule has 0 unspecified atom stereocenters. The number of Topliss-reactive ketones (excluding diaryl/α,β-unsaturated/α-hetero) is 1. The number of para-hydroxylation sites is 1. The van der Waals surface area contributed by atoms with E-state index in [1.807, 2.05) is 31.3 Å². The molecule has 90 valence electrons. The van der Waals surface area contributed by atoms with Crippen LogP contribution in [-0.4, -0.2) is 15.6 Å². The molecule has 4 heteroatoms. The lowest BCUT2D eigenvalue weighted by Crippen LogP contribution is -2.03. The van der Waals surface area contributed by atoms with E-state index in [1.54, 1.807) is 16.8 Å². The summed E-state index contributed by atoms with van der Waals surface area (Å²) in [6, 6.07) is 11.3. The molecule has 3 rings (SSSR count). The quantitative estimate of drug-likeness (QED) is 0.661. The van der Waals surface area contributed by atoms with E-state index in [0.29, 0.717) is 5.76 Å². The van der Waals surface area contributed by atoms with E-state index in [4.69, 9.17) is 4.42 Å². The number of nitrogens with zero attached hydrogens (tertiary/aromatic N) is 2. The van der Waals surface area contributed by atoms with E-state index in [1.165, 1.54) is 6.26 Å². The zero-order chi connectivity index (χ0) is 12.5. The lowest BCUT2D eigenvalue weighted by Gasteiger charge is -1.95. The van der Waals surface area contributed by atoms with Crippen molar-refractivity contribution in [2.24, 2.45) is 7.05 Å². The van der Waals surface area contributed by atoms with Crippen LogP contribution in [-0.2, 0) is 13.5 Å². The van der Waals surface area contributed by atoms with Crippen molar-refractivity contribution in [3.63, 3.8) is 0 Å². The molecule has 0 atom stereocenters. The van der Waals surface area contributed by atoms with Crippen molar-refractivity contribution in [1.82, 2.24) is 9.78 Å². The Labute approximate surface area is 104 Å². The number of fused-ring (bicyclic) bond motifs is 1. The number of aromatic nitrogens is 2. The van der Waals surface area contributed by atoms with Gasteiger partial charge in [0.25, 0.3) is 0 Å². The fraction of sp³-hybridized carbons (Fsp3) is 0.143. The highest BCUT2D eigenvalue weighted by atomic mass is 16.3. The van der Waals surface area contributed by atoms with Crippen LogP contribution in [0.5, 0.6) is 0 Å². The summed E-state index contributed by atoms with van der Waals surface area (Å²) in [5.41, 5.74) is 1.81. The number of ketones is 1. The lowest BCUT2D eigenvalue weighted by atomic mass is 10.1. The number of hydrogen-bond acceptors (Lipinski definition) is 3. The molecule has 0 aliphatic rings. The first-order valence-corrected chi connectivity index (χ1v) is 5.73. The average Bonchev–Trinajstić information content (AvgIpc) is 3.00. The molecule has 0 fully saturated rings. The largest absolute Gasteiger partial charge is 0.461 e. The van der Waals surface area contributed by atoms with Crippen molar-refractivity contribution in [3.8, 4) is 0 Å². The van der Waals surface area contributed by atoms with Crippen molar-refractivity contribution in [2.45, 2.75) is 6.42 Å². The Balaban J connectivity index is 1.98. The van der Waals surface area contributed by atoms with E-state index < -0.39 is 0 Å². The SMILES string of the molecule is Cn1nc(CC(=O)c2ccco2)c2ccccc21. The molecule has 0 amide bonds. The van der Waals surface area contributed by atoms with E-state index in [-0.39, 0.29) is 12.2 Å². The van der Waals surface area contributed by atoms with Gasteiger partial charge in [-0.2, -0.15) is 5.10 Å². The Bertz CT molecular complexity index is 696. The monoisotopic (exact) mass is 240 g/mol. The second-order valence-corrected chi connectivity index (χ2v) is 4.16. The standard InChI is InChI=1S/C14H12N2O2/c1-16-12-6-3-2-5-10(12)11(15-16)9-13(17)14-7-4-8-18-14/h2-8H,9H2,1H3. The number of aryl methyl sites for hydroxylation is 1. The van der Waals surface area contributed by atoms with Gasteiger partial charge in [-0.15, -0.1) is 0 Å². The van der Waals surface area contributed by atoms with Gasteiger partial charge in [0, 0.05) is 12.4 Å². The fourth-order valence-electron chi connectivity index (χ4n) is 2.10. The summed E-state index contributed by atoms with van der Waals surface area (Å²) in [6.07, 6.45) is 1.76. The molecule has 2 aromatic heterocycles. The molecular formula is C14H12N2O2. The van der Waals surface area contributed by atoms with Gasteiger partial charge in [-0.25, -0.2) is 0 Å². The van der Waals surface area contributed by atoms with Crippen LogP contribution in [0.15, 0.2) is 47.1 Å². The fourth-order valence-corrected chi connectivity index (χ4v) is 2.10. The van der Waals surface area contributed by atoms with Gasteiger partial charge in [0.1, 0.15) is 0 Å². The topological polar surface area (TPSA) is 48.0 Å². The normalized spacial score (nSPS) is 10.9. The first-order chi connectivity index (χ1) is 8.75. The number of carbonyl (C=O) groups is 1. The molecule has 0 bridgehead atoms. The maximum absolute atomic E-state index is 12.0. The highest BCUT2D eigenvalue weighted by Gasteiger charge is 2.15. The second-order valence-electron chi connectivity index (χ2n) is 4.16. The summed E-state index contributed by atoms with van der Waals surface area (Å²) < 4.78 is 6.89. The van der Waals surface area contributed by atoms with Gasteiger partial charge < -0.3 is 4.42 Å². The highest BCUT2D eigenvalue weighted by Crippen LogP contribution is 2.19. The molecule has 0 aliphatic heterocycles. The van der Waals surface area contributed by atoms with Crippen LogP contribution >= 0.6 is 0 Å². The van der Waals surface area contributed by atoms with E-state index in [0.717, 1.165) is 16.6 Å². The summed E-state index contributed by atoms with van der Waals surface area (Å²) in [6.45, 7) is 0. The Hall–Kier alpha value is -2.36. The number of carbonyl (C=O) groups excluding carboxylic acids is 1. The molecule has 0 saturated carbocycles. The minimum absolute atomic E-state index is 0.0520. The average molecular weight is 240 g/mol.